The number of anilines is 1. The zero-order chi connectivity index (χ0) is 21.5. The third-order valence-electron chi connectivity index (χ3n) is 5.23. The number of thioether (sulfide) groups is 1. The van der Waals surface area contributed by atoms with Gasteiger partial charge in [0.05, 0.1) is 10.0 Å². The third-order valence-corrected chi connectivity index (χ3v) is 7.84. The van der Waals surface area contributed by atoms with E-state index in [9.17, 15) is 0 Å². The molecule has 9 heteroatoms. The topological polar surface area (TPSA) is 90.9 Å². The Morgan fingerprint density at radius 2 is 2.17 bits per heavy atom. The highest BCUT2D eigenvalue weighted by atomic mass is 127. The first-order valence-electron chi connectivity index (χ1n) is 10.3. The fraction of sp³-hybridized carbons (Fsp3) is 0.571. The zero-order valence-electron chi connectivity index (χ0n) is 18.0. The average molecular weight is 540 g/mol. The number of nitrogens with zero attached hydrogens (tertiary/aromatic N) is 4. The van der Waals surface area contributed by atoms with E-state index in [1.165, 1.54) is 16.8 Å². The molecule has 1 aliphatic carbocycles. The maximum absolute atomic E-state index is 6.11. The summed E-state index contributed by atoms with van der Waals surface area (Å²) in [6.07, 6.45) is 5.75. The standard InChI is InChI=1S/C21H29IN6OS/c1-20(2,3)11-24-6-7-28-18-16(17(23)25-12-26-18)27-19(28)30-15-9-14-13(5-8-29-14)10-21(15,4)22/h9,12,24H,5-8,10-11H2,1-4H3,(H2,23,25,26). The molecule has 0 radical (unpaired) electrons. The maximum atomic E-state index is 6.11. The molecule has 0 bridgehead atoms. The lowest BCUT2D eigenvalue weighted by Gasteiger charge is -2.29. The number of allylic oxidation sites excluding steroid dienone is 2. The second-order valence-electron chi connectivity index (χ2n) is 9.27. The summed E-state index contributed by atoms with van der Waals surface area (Å²) < 4.78 is 8.01. The Hall–Kier alpha value is -1.33. The van der Waals surface area contributed by atoms with Crippen molar-refractivity contribution in [3.8, 4) is 0 Å². The lowest BCUT2D eigenvalue weighted by atomic mass is 9.94. The minimum absolute atomic E-state index is 0.0135. The normalized spacial score (nSPS) is 21.7. The van der Waals surface area contributed by atoms with Crippen LogP contribution in [0.25, 0.3) is 11.2 Å². The Bertz CT molecular complexity index is 1020. The summed E-state index contributed by atoms with van der Waals surface area (Å²) in [7, 11) is 0. The van der Waals surface area contributed by atoms with Gasteiger partial charge in [-0.2, -0.15) is 0 Å². The van der Waals surface area contributed by atoms with Gasteiger partial charge in [0.2, 0.25) is 0 Å². The summed E-state index contributed by atoms with van der Waals surface area (Å²) in [5, 5.41) is 4.44. The van der Waals surface area contributed by atoms with Crippen LogP contribution in [0.4, 0.5) is 5.82 Å². The number of alkyl halides is 1. The van der Waals surface area contributed by atoms with Crippen LogP contribution in [0.3, 0.4) is 0 Å². The van der Waals surface area contributed by atoms with E-state index in [2.05, 4.69) is 76.2 Å². The molecule has 2 aromatic heterocycles. The molecule has 2 aromatic rings. The van der Waals surface area contributed by atoms with Gasteiger partial charge < -0.3 is 20.4 Å². The predicted molar refractivity (Wildman–Crippen MR) is 131 cm³/mol. The molecular formula is C21H29IN6OS. The monoisotopic (exact) mass is 540 g/mol. The summed E-state index contributed by atoms with van der Waals surface area (Å²) >= 11 is 4.24. The molecule has 0 fully saturated rings. The van der Waals surface area contributed by atoms with Crippen molar-refractivity contribution in [2.45, 2.75) is 55.7 Å². The van der Waals surface area contributed by atoms with Gasteiger partial charge in [0.25, 0.3) is 0 Å². The summed E-state index contributed by atoms with van der Waals surface area (Å²) in [6, 6.07) is 0. The van der Waals surface area contributed by atoms with Gasteiger partial charge in [-0.25, -0.2) is 15.0 Å². The highest BCUT2D eigenvalue weighted by Crippen LogP contribution is 2.49. The molecular weight excluding hydrogens is 511 g/mol. The van der Waals surface area contributed by atoms with Crippen molar-refractivity contribution in [2.75, 3.05) is 25.4 Å². The molecule has 0 saturated carbocycles. The third kappa shape index (κ3) is 4.62. The van der Waals surface area contributed by atoms with Gasteiger partial charge in [0.15, 0.2) is 22.1 Å². The van der Waals surface area contributed by atoms with Gasteiger partial charge in [0.1, 0.15) is 12.1 Å². The fourth-order valence-electron chi connectivity index (χ4n) is 3.69. The highest BCUT2D eigenvalue weighted by molar-refractivity contribution is 14.1. The Labute approximate surface area is 195 Å². The number of imidazole rings is 1. The number of halogens is 1. The number of nitrogen functional groups attached to an aromatic ring is 1. The Morgan fingerprint density at radius 3 is 2.93 bits per heavy atom. The van der Waals surface area contributed by atoms with Crippen molar-refractivity contribution < 1.29 is 4.74 Å². The Balaban J connectivity index is 1.64. The quantitative estimate of drug-likeness (QED) is 0.321. The molecule has 4 rings (SSSR count). The largest absolute Gasteiger partial charge is 0.493 e. The van der Waals surface area contributed by atoms with Gasteiger partial charge in [-0.1, -0.05) is 55.1 Å². The number of fused-ring (bicyclic) bond motifs is 1. The molecule has 0 amide bonds. The minimum atomic E-state index is 0.0135. The molecule has 2 aliphatic rings. The van der Waals surface area contributed by atoms with Crippen molar-refractivity contribution in [1.29, 1.82) is 0 Å². The van der Waals surface area contributed by atoms with Crippen molar-refractivity contribution in [1.82, 2.24) is 24.8 Å². The van der Waals surface area contributed by atoms with Crippen LogP contribution in [-0.2, 0) is 11.3 Å². The van der Waals surface area contributed by atoms with Crippen molar-refractivity contribution in [3.05, 3.63) is 28.6 Å². The molecule has 30 heavy (non-hydrogen) atoms. The molecule has 7 nitrogen and oxygen atoms in total. The number of aromatic nitrogens is 4. The second-order valence-corrected chi connectivity index (χ2v) is 12.7. The molecule has 0 aromatic carbocycles. The molecule has 1 unspecified atom stereocenters. The molecule has 162 valence electrons. The first-order valence-corrected chi connectivity index (χ1v) is 12.1. The molecule has 3 N–H and O–H groups in total. The number of rotatable bonds is 6. The van der Waals surface area contributed by atoms with E-state index in [1.54, 1.807) is 11.8 Å². The highest BCUT2D eigenvalue weighted by Gasteiger charge is 2.36. The second kappa shape index (κ2) is 8.31. The van der Waals surface area contributed by atoms with Crippen molar-refractivity contribution in [3.63, 3.8) is 0 Å². The Morgan fingerprint density at radius 1 is 1.37 bits per heavy atom. The number of hydrogen-bond acceptors (Lipinski definition) is 7. The smallest absolute Gasteiger partial charge is 0.175 e. The van der Waals surface area contributed by atoms with E-state index in [0.717, 1.165) is 55.6 Å². The first-order chi connectivity index (χ1) is 14.1. The van der Waals surface area contributed by atoms with E-state index in [4.69, 9.17) is 15.5 Å². The number of nitrogens with two attached hydrogens (primary N) is 1. The predicted octanol–water partition coefficient (Wildman–Crippen LogP) is 4.29. The fourth-order valence-corrected chi connectivity index (χ4v) is 5.71. The summed E-state index contributed by atoms with van der Waals surface area (Å²) in [6.45, 7) is 12.3. The number of hydrogen-bond donors (Lipinski definition) is 2. The molecule has 0 saturated heterocycles. The lowest BCUT2D eigenvalue weighted by molar-refractivity contribution is 0.256. The molecule has 1 atom stereocenters. The van der Waals surface area contributed by atoms with Crippen molar-refractivity contribution >= 4 is 51.3 Å². The van der Waals surface area contributed by atoms with Crippen LogP contribution in [0.15, 0.2) is 33.8 Å². The summed E-state index contributed by atoms with van der Waals surface area (Å²) in [5.74, 6) is 1.46. The van der Waals surface area contributed by atoms with Gasteiger partial charge in [-0.3, -0.25) is 0 Å². The minimum Gasteiger partial charge on any atom is -0.493 e. The van der Waals surface area contributed by atoms with Crippen LogP contribution in [0.5, 0.6) is 0 Å². The van der Waals surface area contributed by atoms with Crippen LogP contribution in [0.1, 0.15) is 40.5 Å². The average Bonchev–Trinajstić information content (AvgIpc) is 3.22. The van der Waals surface area contributed by atoms with Gasteiger partial charge in [-0.05, 0) is 30.4 Å². The van der Waals surface area contributed by atoms with Gasteiger partial charge >= 0.3 is 0 Å². The lowest BCUT2D eigenvalue weighted by Crippen LogP contribution is -2.29. The number of ether oxygens (including phenoxy) is 1. The van der Waals surface area contributed by atoms with Crippen LogP contribution in [0.2, 0.25) is 0 Å². The van der Waals surface area contributed by atoms with E-state index in [-0.39, 0.29) is 8.84 Å². The van der Waals surface area contributed by atoms with E-state index in [1.807, 2.05) is 0 Å². The van der Waals surface area contributed by atoms with Crippen molar-refractivity contribution in [2.24, 2.45) is 5.41 Å². The van der Waals surface area contributed by atoms with Gasteiger partial charge in [0, 0.05) is 31.0 Å². The van der Waals surface area contributed by atoms with E-state index < -0.39 is 0 Å². The van der Waals surface area contributed by atoms with Gasteiger partial charge in [-0.15, -0.1) is 0 Å². The van der Waals surface area contributed by atoms with E-state index in [0.29, 0.717) is 11.3 Å². The van der Waals surface area contributed by atoms with Crippen LogP contribution in [0, 0.1) is 5.41 Å². The number of nitrogens with one attached hydrogen (secondary N) is 1. The molecule has 3 heterocycles. The maximum Gasteiger partial charge on any atom is 0.175 e. The van der Waals surface area contributed by atoms with Crippen LogP contribution >= 0.6 is 34.4 Å². The van der Waals surface area contributed by atoms with Crippen LogP contribution < -0.4 is 11.1 Å². The SMILES string of the molecule is CC(C)(C)CNCCn1c(SC2=CC3=C(CCO3)CC2(C)I)nc2c(N)ncnc21. The summed E-state index contributed by atoms with van der Waals surface area (Å²) in [5.41, 5.74) is 9.22. The first kappa shape index (κ1) is 21.9. The Kier molecular flexibility index (Phi) is 6.06. The van der Waals surface area contributed by atoms with Crippen LogP contribution in [-0.4, -0.2) is 42.6 Å². The van der Waals surface area contributed by atoms with E-state index >= 15 is 0 Å². The summed E-state index contributed by atoms with van der Waals surface area (Å²) in [4.78, 5) is 14.7. The molecule has 1 aliphatic heterocycles. The molecule has 0 spiro atoms. The zero-order valence-corrected chi connectivity index (χ0v) is 20.9.